The number of aliphatic hydroxyl groups is 1. The molecule has 1 fully saturated rings. The van der Waals surface area contributed by atoms with Crippen LogP contribution in [0.4, 0.5) is 5.95 Å². The van der Waals surface area contributed by atoms with Crippen LogP contribution in [-0.2, 0) is 9.73 Å². The molecule has 4 aromatic rings. The summed E-state index contributed by atoms with van der Waals surface area (Å²) in [5.41, 5.74) is 1.92. The van der Waals surface area contributed by atoms with E-state index >= 15 is 0 Å². The Hall–Kier alpha value is -3.08. The highest BCUT2D eigenvalue weighted by Gasteiger charge is 2.24. The van der Waals surface area contributed by atoms with Gasteiger partial charge < -0.3 is 10.4 Å². The van der Waals surface area contributed by atoms with Crippen LogP contribution < -0.4 is 10.6 Å². The van der Waals surface area contributed by atoms with Crippen LogP contribution in [-0.4, -0.2) is 54.0 Å². The van der Waals surface area contributed by atoms with Crippen LogP contribution in [0, 0.1) is 4.78 Å². The highest BCUT2D eigenvalue weighted by molar-refractivity contribution is 7.91. The molecule has 3 atom stereocenters. The van der Waals surface area contributed by atoms with Crippen LogP contribution >= 0.6 is 0 Å². The predicted octanol–water partition coefficient (Wildman–Crippen LogP) is 2.85. The first-order chi connectivity index (χ1) is 15.4. The summed E-state index contributed by atoms with van der Waals surface area (Å²) in [6.07, 6.45) is 3.49. The zero-order valence-electron chi connectivity index (χ0n) is 17.7. The van der Waals surface area contributed by atoms with E-state index in [0.717, 1.165) is 36.7 Å². The van der Waals surface area contributed by atoms with Crippen LogP contribution in [0.2, 0.25) is 0 Å². The summed E-state index contributed by atoms with van der Waals surface area (Å²) < 4.78 is 22.3. The van der Waals surface area contributed by atoms with Gasteiger partial charge in [-0.25, -0.2) is 19.0 Å². The third-order valence-electron chi connectivity index (χ3n) is 5.72. The number of anilines is 1. The lowest BCUT2D eigenvalue weighted by molar-refractivity contribution is 0.121. The van der Waals surface area contributed by atoms with Crippen molar-refractivity contribution in [3.8, 4) is 11.4 Å². The minimum absolute atomic E-state index is 0.225. The first-order valence-corrected chi connectivity index (χ1v) is 12.6. The quantitative estimate of drug-likeness (QED) is 0.376. The highest BCUT2D eigenvalue weighted by atomic mass is 32.2. The molecule has 0 radical (unpaired) electrons. The molecule has 2 aromatic carbocycles. The summed E-state index contributed by atoms with van der Waals surface area (Å²) >= 11 is 0. The number of hydrogen-bond donors (Lipinski definition) is 4. The Labute approximate surface area is 185 Å². The van der Waals surface area contributed by atoms with Crippen LogP contribution in [0.3, 0.4) is 0 Å². The van der Waals surface area contributed by atoms with Gasteiger partial charge in [-0.2, -0.15) is 4.52 Å². The molecule has 2 aromatic heterocycles. The van der Waals surface area contributed by atoms with Gasteiger partial charge in [0.05, 0.1) is 26.2 Å². The Morgan fingerprint density at radius 3 is 2.78 bits per heavy atom. The molecule has 0 amide bonds. The molecule has 0 aliphatic carbocycles. The zero-order chi connectivity index (χ0) is 22.3. The van der Waals surface area contributed by atoms with E-state index in [9.17, 15) is 9.32 Å². The lowest BCUT2D eigenvalue weighted by Gasteiger charge is -2.23. The fourth-order valence-electron chi connectivity index (χ4n) is 4.11. The number of nitrogens with zero attached hydrogens (tertiary/aromatic N) is 4. The molecule has 1 saturated heterocycles. The molecule has 2 unspecified atom stereocenters. The zero-order valence-corrected chi connectivity index (χ0v) is 18.5. The van der Waals surface area contributed by atoms with E-state index in [4.69, 9.17) is 19.8 Å². The summed E-state index contributed by atoms with van der Waals surface area (Å²) in [6.45, 7) is 0.771. The topological polar surface area (TPSA) is 128 Å². The Morgan fingerprint density at radius 2 is 1.94 bits per heavy atom. The average Bonchev–Trinajstić information content (AvgIpc) is 3.13. The minimum Gasteiger partial charge on any atom is -0.376 e. The SMILES string of the molecule is CS(=N)(=O)c1ccccc1-c1nc2c3ccccc3nc(N[C@@H]3CCCCNC3O)n2n1. The molecule has 166 valence electrons. The van der Waals surface area contributed by atoms with Gasteiger partial charge in [-0.1, -0.05) is 24.3 Å². The van der Waals surface area contributed by atoms with Gasteiger partial charge >= 0.3 is 0 Å². The maximum absolute atomic E-state index is 12.6. The third kappa shape index (κ3) is 3.81. The second-order valence-corrected chi connectivity index (χ2v) is 10.2. The van der Waals surface area contributed by atoms with E-state index in [1.165, 1.54) is 6.26 Å². The number of nitrogens with one attached hydrogen (secondary N) is 3. The molecule has 0 saturated carbocycles. The van der Waals surface area contributed by atoms with E-state index in [1.807, 2.05) is 30.3 Å². The number of hydrogen-bond acceptors (Lipinski definition) is 8. The standard InChI is InChI=1S/C22H25N7O2S/c1-32(23,31)18-12-5-3-9-15(18)19-27-20-14-8-2-4-10-16(14)25-22(29(20)28-19)26-17-11-6-7-13-24-21(17)30/h2-5,8-10,12,17,21,23-24,30H,6-7,11,13H2,1H3,(H,25,26)/t17-,21?,32?/m1/s1. The van der Waals surface area contributed by atoms with Crippen molar-refractivity contribution in [2.24, 2.45) is 0 Å². The first-order valence-electron chi connectivity index (χ1n) is 10.6. The molecule has 9 nitrogen and oxygen atoms in total. The largest absolute Gasteiger partial charge is 0.376 e. The summed E-state index contributed by atoms with van der Waals surface area (Å²) in [7, 11) is -2.97. The molecule has 10 heteroatoms. The van der Waals surface area contributed by atoms with Gasteiger partial charge in [-0.05, 0) is 50.1 Å². The van der Waals surface area contributed by atoms with Crippen LogP contribution in [0.25, 0.3) is 27.9 Å². The maximum atomic E-state index is 12.6. The monoisotopic (exact) mass is 451 g/mol. The van der Waals surface area contributed by atoms with Crippen molar-refractivity contribution in [2.75, 3.05) is 18.1 Å². The number of para-hydroxylation sites is 1. The molecule has 3 heterocycles. The van der Waals surface area contributed by atoms with E-state index < -0.39 is 16.0 Å². The van der Waals surface area contributed by atoms with E-state index in [1.54, 1.807) is 22.7 Å². The summed E-state index contributed by atoms with van der Waals surface area (Å²) in [5.74, 6) is 0.856. The summed E-state index contributed by atoms with van der Waals surface area (Å²) in [4.78, 5) is 9.91. The molecule has 4 N–H and O–H groups in total. The number of fused-ring (bicyclic) bond motifs is 3. The van der Waals surface area contributed by atoms with Gasteiger partial charge in [0.25, 0.3) is 0 Å². The molecule has 1 aliphatic rings. The van der Waals surface area contributed by atoms with E-state index in [-0.39, 0.29) is 6.04 Å². The van der Waals surface area contributed by atoms with E-state index in [2.05, 4.69) is 10.6 Å². The smallest absolute Gasteiger partial charge is 0.226 e. The normalized spacial score (nSPS) is 21.3. The molecular weight excluding hydrogens is 426 g/mol. The van der Waals surface area contributed by atoms with Crippen molar-refractivity contribution in [2.45, 2.75) is 36.4 Å². The fraction of sp³-hybridized carbons (Fsp3) is 0.318. The molecule has 0 spiro atoms. The van der Waals surface area contributed by atoms with Gasteiger partial charge in [0.2, 0.25) is 5.95 Å². The number of benzene rings is 2. The van der Waals surface area contributed by atoms with Crippen molar-refractivity contribution in [3.05, 3.63) is 48.5 Å². The van der Waals surface area contributed by atoms with Gasteiger partial charge in [-0.15, -0.1) is 5.10 Å². The van der Waals surface area contributed by atoms with Gasteiger partial charge in [0, 0.05) is 17.2 Å². The minimum atomic E-state index is -2.97. The van der Waals surface area contributed by atoms with E-state index in [0.29, 0.717) is 27.9 Å². The van der Waals surface area contributed by atoms with Gasteiger partial charge in [0.1, 0.15) is 6.23 Å². The highest BCUT2D eigenvalue weighted by Crippen LogP contribution is 2.29. The molecular formula is C22H25N7O2S. The molecule has 32 heavy (non-hydrogen) atoms. The van der Waals surface area contributed by atoms with Crippen LogP contribution in [0.15, 0.2) is 53.4 Å². The van der Waals surface area contributed by atoms with Crippen molar-refractivity contribution >= 4 is 32.2 Å². The third-order valence-corrected chi connectivity index (χ3v) is 6.91. The lowest BCUT2D eigenvalue weighted by Crippen LogP contribution is -2.43. The summed E-state index contributed by atoms with van der Waals surface area (Å²) in [6, 6.07) is 14.5. The van der Waals surface area contributed by atoms with Crippen molar-refractivity contribution < 1.29 is 9.32 Å². The summed E-state index contributed by atoms with van der Waals surface area (Å²) in [5, 5.41) is 22.5. The Balaban J connectivity index is 1.70. The molecule has 0 bridgehead atoms. The first kappa shape index (κ1) is 20.8. The van der Waals surface area contributed by atoms with Crippen molar-refractivity contribution in [3.63, 3.8) is 0 Å². The average molecular weight is 452 g/mol. The van der Waals surface area contributed by atoms with Crippen LogP contribution in [0.5, 0.6) is 0 Å². The molecule has 5 rings (SSSR count). The van der Waals surface area contributed by atoms with Crippen molar-refractivity contribution in [1.29, 1.82) is 4.78 Å². The second kappa shape index (κ2) is 8.12. The maximum Gasteiger partial charge on any atom is 0.226 e. The lowest BCUT2D eigenvalue weighted by atomic mass is 10.1. The molecule has 1 aliphatic heterocycles. The number of rotatable bonds is 4. The van der Waals surface area contributed by atoms with Gasteiger partial charge in [-0.3, -0.25) is 5.32 Å². The second-order valence-electron chi connectivity index (χ2n) is 8.11. The van der Waals surface area contributed by atoms with Gasteiger partial charge in [0.15, 0.2) is 11.5 Å². The fourth-order valence-corrected chi connectivity index (χ4v) is 5.03. The predicted molar refractivity (Wildman–Crippen MR) is 124 cm³/mol. The number of aliphatic hydroxyl groups excluding tert-OH is 1. The Kier molecular flexibility index (Phi) is 5.28. The Morgan fingerprint density at radius 1 is 1.16 bits per heavy atom. The van der Waals surface area contributed by atoms with Crippen molar-refractivity contribution in [1.82, 2.24) is 24.9 Å². The van der Waals surface area contributed by atoms with Crippen LogP contribution in [0.1, 0.15) is 19.3 Å². The Bertz CT molecular complexity index is 1400. The number of aromatic nitrogens is 4.